The number of rotatable bonds is 2. The van der Waals surface area contributed by atoms with Gasteiger partial charge in [-0.05, 0) is 18.6 Å². The Morgan fingerprint density at radius 3 is 2.93 bits per heavy atom. The lowest BCUT2D eigenvalue weighted by Gasteiger charge is -2.05. The van der Waals surface area contributed by atoms with Gasteiger partial charge in [0.1, 0.15) is 0 Å². The van der Waals surface area contributed by atoms with Crippen molar-refractivity contribution in [3.8, 4) is 0 Å². The first-order valence-corrected chi connectivity index (χ1v) is 4.60. The maximum Gasteiger partial charge on any atom is 0.310 e. The number of carbonyl (C=O) groups is 1. The number of carboxylic acid groups (broad SMARTS) is 1. The largest absolute Gasteiger partial charge is 0.481 e. The van der Waals surface area contributed by atoms with Crippen molar-refractivity contribution in [3.05, 3.63) is 24.0 Å². The van der Waals surface area contributed by atoms with Crippen molar-refractivity contribution in [1.82, 2.24) is 14.8 Å². The number of aryl methyl sites for hydroxylation is 1. The van der Waals surface area contributed by atoms with Gasteiger partial charge in [0.25, 0.3) is 0 Å². The summed E-state index contributed by atoms with van der Waals surface area (Å²) >= 11 is 0. The van der Waals surface area contributed by atoms with Gasteiger partial charge in [0.15, 0.2) is 5.65 Å². The van der Waals surface area contributed by atoms with Crippen molar-refractivity contribution < 1.29 is 9.90 Å². The topological polar surface area (TPSA) is 68.0 Å². The summed E-state index contributed by atoms with van der Waals surface area (Å²) in [6.07, 6.45) is 3.27. The van der Waals surface area contributed by atoms with Gasteiger partial charge in [-0.25, -0.2) is 4.98 Å². The van der Waals surface area contributed by atoms with Crippen molar-refractivity contribution in [2.24, 2.45) is 7.05 Å². The second-order valence-electron chi connectivity index (χ2n) is 3.51. The van der Waals surface area contributed by atoms with E-state index < -0.39 is 11.9 Å². The van der Waals surface area contributed by atoms with Crippen LogP contribution in [0.1, 0.15) is 18.4 Å². The molecule has 1 N–H and O–H groups in total. The Labute approximate surface area is 86.4 Å². The zero-order chi connectivity index (χ0) is 11.0. The molecule has 1 atom stereocenters. The first kappa shape index (κ1) is 9.64. The van der Waals surface area contributed by atoms with E-state index in [2.05, 4.69) is 10.1 Å². The Morgan fingerprint density at radius 1 is 1.53 bits per heavy atom. The van der Waals surface area contributed by atoms with Crippen LogP contribution in [0, 0.1) is 0 Å². The molecule has 0 aromatic carbocycles. The number of nitrogens with zero attached hydrogens (tertiary/aromatic N) is 3. The fraction of sp³-hybridized carbons (Fsp3) is 0.300. The van der Waals surface area contributed by atoms with Gasteiger partial charge in [0.05, 0.1) is 12.1 Å². The van der Waals surface area contributed by atoms with Crippen molar-refractivity contribution >= 4 is 17.0 Å². The van der Waals surface area contributed by atoms with Crippen LogP contribution < -0.4 is 0 Å². The maximum atomic E-state index is 10.8. The number of hydrogen-bond donors (Lipinski definition) is 1. The average molecular weight is 205 g/mol. The quantitative estimate of drug-likeness (QED) is 0.798. The second-order valence-corrected chi connectivity index (χ2v) is 3.51. The number of aromatic nitrogens is 3. The Hall–Kier alpha value is -1.91. The standard InChI is InChI=1S/C10H11N3O2/c1-6(10(14)15)7-3-8-5-12-13(2)9(8)11-4-7/h3-6H,1-2H3,(H,14,15). The van der Waals surface area contributed by atoms with E-state index in [9.17, 15) is 4.79 Å². The van der Waals surface area contributed by atoms with E-state index in [4.69, 9.17) is 5.11 Å². The highest BCUT2D eigenvalue weighted by atomic mass is 16.4. The summed E-state index contributed by atoms with van der Waals surface area (Å²) in [7, 11) is 1.80. The van der Waals surface area contributed by atoms with E-state index >= 15 is 0 Å². The lowest BCUT2D eigenvalue weighted by molar-refractivity contribution is -0.138. The van der Waals surface area contributed by atoms with Crippen LogP contribution in [0.3, 0.4) is 0 Å². The molecule has 2 rings (SSSR count). The molecular formula is C10H11N3O2. The molecule has 0 amide bonds. The van der Waals surface area contributed by atoms with E-state index in [1.54, 1.807) is 31.0 Å². The minimum Gasteiger partial charge on any atom is -0.481 e. The van der Waals surface area contributed by atoms with Gasteiger partial charge >= 0.3 is 5.97 Å². The molecule has 0 aliphatic carbocycles. The van der Waals surface area contributed by atoms with Gasteiger partial charge in [-0.15, -0.1) is 0 Å². The van der Waals surface area contributed by atoms with Crippen LogP contribution in [0.4, 0.5) is 0 Å². The SMILES string of the molecule is CC(C(=O)O)c1cnc2c(cnn2C)c1. The fourth-order valence-corrected chi connectivity index (χ4v) is 1.44. The monoisotopic (exact) mass is 205 g/mol. The highest BCUT2D eigenvalue weighted by Gasteiger charge is 2.15. The van der Waals surface area contributed by atoms with E-state index in [0.29, 0.717) is 5.56 Å². The highest BCUT2D eigenvalue weighted by Crippen LogP contribution is 2.19. The number of hydrogen-bond acceptors (Lipinski definition) is 3. The zero-order valence-corrected chi connectivity index (χ0v) is 8.51. The molecule has 5 heteroatoms. The van der Waals surface area contributed by atoms with Gasteiger partial charge in [-0.3, -0.25) is 9.48 Å². The molecule has 2 aromatic heterocycles. The molecule has 0 saturated carbocycles. The molecule has 0 fully saturated rings. The molecule has 0 saturated heterocycles. The summed E-state index contributed by atoms with van der Waals surface area (Å²) in [4.78, 5) is 15.0. The van der Waals surface area contributed by atoms with Crippen molar-refractivity contribution in [2.75, 3.05) is 0 Å². The van der Waals surface area contributed by atoms with Crippen LogP contribution in [-0.2, 0) is 11.8 Å². The van der Waals surface area contributed by atoms with Crippen LogP contribution >= 0.6 is 0 Å². The Balaban J connectivity index is 2.52. The van der Waals surface area contributed by atoms with Crippen molar-refractivity contribution in [2.45, 2.75) is 12.8 Å². The number of fused-ring (bicyclic) bond motifs is 1. The minimum atomic E-state index is -0.847. The van der Waals surface area contributed by atoms with Crippen LogP contribution in [0.25, 0.3) is 11.0 Å². The Bertz CT molecular complexity index is 518. The zero-order valence-electron chi connectivity index (χ0n) is 8.51. The summed E-state index contributed by atoms with van der Waals surface area (Å²) in [6, 6.07) is 1.81. The Kier molecular flexibility index (Phi) is 2.15. The first-order chi connectivity index (χ1) is 7.09. The highest BCUT2D eigenvalue weighted by molar-refractivity contribution is 5.79. The second kappa shape index (κ2) is 3.34. The third-order valence-electron chi connectivity index (χ3n) is 2.46. The molecule has 0 spiro atoms. The molecule has 0 bridgehead atoms. The molecule has 0 radical (unpaired) electrons. The third kappa shape index (κ3) is 1.56. The molecule has 5 nitrogen and oxygen atoms in total. The first-order valence-electron chi connectivity index (χ1n) is 4.60. The third-order valence-corrected chi connectivity index (χ3v) is 2.46. The van der Waals surface area contributed by atoms with Crippen LogP contribution in [-0.4, -0.2) is 25.8 Å². The maximum absolute atomic E-state index is 10.8. The molecule has 0 aliphatic heterocycles. The van der Waals surface area contributed by atoms with Crippen molar-refractivity contribution in [3.63, 3.8) is 0 Å². The summed E-state index contributed by atoms with van der Waals surface area (Å²) in [5, 5.41) is 13.8. The summed E-state index contributed by atoms with van der Waals surface area (Å²) in [5.74, 6) is -1.39. The van der Waals surface area contributed by atoms with Gasteiger partial charge in [0.2, 0.25) is 0 Å². The van der Waals surface area contributed by atoms with E-state index in [1.165, 1.54) is 0 Å². The average Bonchev–Trinajstić information content (AvgIpc) is 2.59. The van der Waals surface area contributed by atoms with E-state index in [-0.39, 0.29) is 0 Å². The van der Waals surface area contributed by atoms with Gasteiger partial charge in [-0.1, -0.05) is 0 Å². The fourth-order valence-electron chi connectivity index (χ4n) is 1.44. The molecule has 2 aromatic rings. The minimum absolute atomic E-state index is 0.540. The van der Waals surface area contributed by atoms with Crippen LogP contribution in [0.5, 0.6) is 0 Å². The van der Waals surface area contributed by atoms with Crippen molar-refractivity contribution in [1.29, 1.82) is 0 Å². The molecule has 0 aliphatic rings. The van der Waals surface area contributed by atoms with Crippen LogP contribution in [0.15, 0.2) is 18.5 Å². The van der Waals surface area contributed by atoms with E-state index in [0.717, 1.165) is 11.0 Å². The summed E-state index contributed by atoms with van der Waals surface area (Å²) in [5.41, 5.74) is 1.46. The smallest absolute Gasteiger partial charge is 0.310 e. The molecule has 2 heterocycles. The van der Waals surface area contributed by atoms with Gasteiger partial charge in [-0.2, -0.15) is 5.10 Å². The van der Waals surface area contributed by atoms with Gasteiger partial charge < -0.3 is 5.11 Å². The Morgan fingerprint density at radius 2 is 2.27 bits per heavy atom. The van der Waals surface area contributed by atoms with Crippen LogP contribution in [0.2, 0.25) is 0 Å². The molecule has 1 unspecified atom stereocenters. The van der Waals surface area contributed by atoms with Gasteiger partial charge in [0, 0.05) is 18.6 Å². The summed E-state index contributed by atoms with van der Waals surface area (Å²) < 4.78 is 1.66. The number of aliphatic carboxylic acids is 1. The lowest BCUT2D eigenvalue weighted by Crippen LogP contribution is -2.07. The predicted octanol–water partition coefficient (Wildman–Crippen LogP) is 1.16. The number of carboxylic acids is 1. The molecular weight excluding hydrogens is 194 g/mol. The summed E-state index contributed by atoms with van der Waals surface area (Å²) in [6.45, 7) is 1.64. The van der Waals surface area contributed by atoms with E-state index in [1.807, 2.05) is 6.07 Å². The predicted molar refractivity (Wildman–Crippen MR) is 54.6 cm³/mol. The normalized spacial score (nSPS) is 12.9. The lowest BCUT2D eigenvalue weighted by atomic mass is 10.0. The molecule has 78 valence electrons. The molecule has 15 heavy (non-hydrogen) atoms. The number of pyridine rings is 1.